The van der Waals surface area contributed by atoms with Crippen LogP contribution in [0.15, 0.2) is 12.1 Å². The van der Waals surface area contributed by atoms with Crippen LogP contribution in [0.4, 0.5) is 5.69 Å². The average molecular weight is 304 g/mol. The zero-order chi connectivity index (χ0) is 13.8. The zero-order valence-corrected chi connectivity index (χ0v) is 12.5. The molecule has 0 bridgehead atoms. The molecular formula is C14H19Cl2NO2. The summed E-state index contributed by atoms with van der Waals surface area (Å²) in [6.45, 7) is 2.95. The van der Waals surface area contributed by atoms with Crippen LogP contribution in [0.25, 0.3) is 0 Å². The minimum Gasteiger partial charge on any atom is -0.505 e. The summed E-state index contributed by atoms with van der Waals surface area (Å²) >= 11 is 11.8. The summed E-state index contributed by atoms with van der Waals surface area (Å²) in [5.74, 6) is -0.0651. The van der Waals surface area contributed by atoms with E-state index in [1.165, 1.54) is 0 Å². The summed E-state index contributed by atoms with van der Waals surface area (Å²) in [7, 11) is 0. The molecule has 2 N–H and O–H groups in total. The summed E-state index contributed by atoms with van der Waals surface area (Å²) in [6, 6.07) is 3.77. The van der Waals surface area contributed by atoms with E-state index in [2.05, 4.69) is 12.2 Å². The van der Waals surface area contributed by atoms with Gasteiger partial charge in [0.15, 0.2) is 5.75 Å². The highest BCUT2D eigenvalue weighted by Crippen LogP contribution is 2.35. The van der Waals surface area contributed by atoms with E-state index in [4.69, 9.17) is 27.9 Å². The number of hydrogen-bond acceptors (Lipinski definition) is 3. The maximum Gasteiger partial charge on any atom is 0.152 e. The Kier molecular flexibility index (Phi) is 5.20. The van der Waals surface area contributed by atoms with Crippen molar-refractivity contribution in [1.29, 1.82) is 0 Å². The van der Waals surface area contributed by atoms with Crippen molar-refractivity contribution in [2.45, 2.75) is 44.8 Å². The number of aromatic hydroxyl groups is 1. The first-order chi connectivity index (χ1) is 9.10. The molecule has 1 heterocycles. The number of rotatable bonds is 4. The van der Waals surface area contributed by atoms with Crippen molar-refractivity contribution >= 4 is 28.9 Å². The van der Waals surface area contributed by atoms with Gasteiger partial charge in [0.1, 0.15) is 0 Å². The van der Waals surface area contributed by atoms with E-state index in [1.807, 2.05) is 0 Å². The van der Waals surface area contributed by atoms with E-state index in [0.717, 1.165) is 38.0 Å². The SMILES string of the molecule is CCCC1CC(Nc2cc(Cl)c(O)c(Cl)c2)CCO1. The third kappa shape index (κ3) is 3.91. The summed E-state index contributed by atoms with van der Waals surface area (Å²) in [4.78, 5) is 0. The fourth-order valence-corrected chi connectivity index (χ4v) is 2.91. The lowest BCUT2D eigenvalue weighted by atomic mass is 10.00. The molecule has 0 radical (unpaired) electrons. The Hall–Kier alpha value is -0.640. The summed E-state index contributed by atoms with van der Waals surface area (Å²) in [5, 5.41) is 13.5. The van der Waals surface area contributed by atoms with E-state index in [-0.39, 0.29) is 15.8 Å². The lowest BCUT2D eigenvalue weighted by Crippen LogP contribution is -2.33. The van der Waals surface area contributed by atoms with Crippen LogP contribution in [-0.2, 0) is 4.74 Å². The Morgan fingerprint density at radius 2 is 2.05 bits per heavy atom. The third-order valence-corrected chi connectivity index (χ3v) is 3.94. The zero-order valence-electron chi connectivity index (χ0n) is 11.0. The molecule has 1 aromatic rings. The van der Waals surface area contributed by atoms with Gasteiger partial charge >= 0.3 is 0 Å². The monoisotopic (exact) mass is 303 g/mol. The van der Waals surface area contributed by atoms with Gasteiger partial charge in [-0.3, -0.25) is 0 Å². The summed E-state index contributed by atoms with van der Waals surface area (Å²) in [5.41, 5.74) is 0.843. The normalized spacial score (nSPS) is 23.3. The van der Waals surface area contributed by atoms with Crippen LogP contribution in [0, 0.1) is 0 Å². The standard InChI is InChI=1S/C14H19Cl2NO2/c1-2-3-11-6-9(4-5-19-11)17-10-7-12(15)14(18)13(16)8-10/h7-9,11,17-18H,2-6H2,1H3. The molecule has 2 atom stereocenters. The molecule has 5 heteroatoms. The number of ether oxygens (including phenoxy) is 1. The van der Waals surface area contributed by atoms with Crippen molar-refractivity contribution < 1.29 is 9.84 Å². The first kappa shape index (κ1) is 14.8. The first-order valence-corrected chi connectivity index (χ1v) is 7.42. The van der Waals surface area contributed by atoms with E-state index in [1.54, 1.807) is 12.1 Å². The van der Waals surface area contributed by atoms with E-state index in [0.29, 0.717) is 12.1 Å². The lowest BCUT2D eigenvalue weighted by Gasteiger charge is -2.30. The molecule has 2 rings (SSSR count). The number of benzene rings is 1. The van der Waals surface area contributed by atoms with Gasteiger partial charge < -0.3 is 15.2 Å². The van der Waals surface area contributed by atoms with Gasteiger partial charge in [-0.2, -0.15) is 0 Å². The molecule has 0 amide bonds. The van der Waals surface area contributed by atoms with E-state index >= 15 is 0 Å². The molecular weight excluding hydrogens is 285 g/mol. The molecule has 0 saturated carbocycles. The van der Waals surface area contributed by atoms with Crippen LogP contribution in [0.1, 0.15) is 32.6 Å². The van der Waals surface area contributed by atoms with Gasteiger partial charge in [-0.15, -0.1) is 0 Å². The second kappa shape index (κ2) is 6.69. The Morgan fingerprint density at radius 1 is 1.37 bits per heavy atom. The Morgan fingerprint density at radius 3 is 2.68 bits per heavy atom. The highest BCUT2D eigenvalue weighted by molar-refractivity contribution is 6.37. The maximum absolute atomic E-state index is 9.54. The van der Waals surface area contributed by atoms with Gasteiger partial charge in [0.25, 0.3) is 0 Å². The van der Waals surface area contributed by atoms with Gasteiger partial charge in [-0.25, -0.2) is 0 Å². The molecule has 3 nitrogen and oxygen atoms in total. The van der Waals surface area contributed by atoms with Gasteiger partial charge in [-0.05, 0) is 31.4 Å². The second-order valence-corrected chi connectivity index (χ2v) is 5.75. The van der Waals surface area contributed by atoms with Crippen LogP contribution >= 0.6 is 23.2 Å². The van der Waals surface area contributed by atoms with Gasteiger partial charge in [0.2, 0.25) is 0 Å². The molecule has 1 aliphatic heterocycles. The highest BCUT2D eigenvalue weighted by Gasteiger charge is 2.22. The minimum atomic E-state index is -0.0651. The van der Waals surface area contributed by atoms with Crippen molar-refractivity contribution in [2.75, 3.05) is 11.9 Å². The van der Waals surface area contributed by atoms with Crippen LogP contribution in [0.3, 0.4) is 0 Å². The molecule has 0 aromatic heterocycles. The quantitative estimate of drug-likeness (QED) is 0.807. The van der Waals surface area contributed by atoms with Crippen molar-refractivity contribution in [2.24, 2.45) is 0 Å². The third-order valence-electron chi connectivity index (χ3n) is 3.37. The number of nitrogens with one attached hydrogen (secondary N) is 1. The maximum atomic E-state index is 9.54. The van der Waals surface area contributed by atoms with Gasteiger partial charge in [0.05, 0.1) is 16.1 Å². The number of anilines is 1. The van der Waals surface area contributed by atoms with Crippen LogP contribution in [0.5, 0.6) is 5.75 Å². The molecule has 19 heavy (non-hydrogen) atoms. The molecule has 2 unspecified atom stereocenters. The van der Waals surface area contributed by atoms with Gasteiger partial charge in [0, 0.05) is 18.3 Å². The molecule has 0 aliphatic carbocycles. The molecule has 1 saturated heterocycles. The van der Waals surface area contributed by atoms with Crippen molar-refractivity contribution in [3.05, 3.63) is 22.2 Å². The Bertz CT molecular complexity index is 414. The minimum absolute atomic E-state index is 0.0651. The van der Waals surface area contributed by atoms with Crippen molar-refractivity contribution in [3.63, 3.8) is 0 Å². The van der Waals surface area contributed by atoms with Crippen molar-refractivity contribution in [3.8, 4) is 5.75 Å². The van der Waals surface area contributed by atoms with Crippen LogP contribution in [0.2, 0.25) is 10.0 Å². The smallest absolute Gasteiger partial charge is 0.152 e. The lowest BCUT2D eigenvalue weighted by molar-refractivity contribution is 0.00598. The predicted octanol–water partition coefficient (Wildman–Crippen LogP) is 4.46. The van der Waals surface area contributed by atoms with E-state index < -0.39 is 0 Å². The van der Waals surface area contributed by atoms with Crippen LogP contribution < -0.4 is 5.32 Å². The first-order valence-electron chi connectivity index (χ1n) is 6.66. The fraction of sp³-hybridized carbons (Fsp3) is 0.571. The second-order valence-electron chi connectivity index (χ2n) is 4.94. The number of phenolic OH excluding ortho intramolecular Hbond substituents is 1. The average Bonchev–Trinajstić information content (AvgIpc) is 2.37. The Labute approximate surface area is 123 Å². The largest absolute Gasteiger partial charge is 0.505 e. The number of hydrogen-bond donors (Lipinski definition) is 2. The molecule has 0 spiro atoms. The molecule has 106 valence electrons. The molecule has 1 fully saturated rings. The van der Waals surface area contributed by atoms with Crippen molar-refractivity contribution in [1.82, 2.24) is 0 Å². The van der Waals surface area contributed by atoms with Gasteiger partial charge in [-0.1, -0.05) is 36.5 Å². The topological polar surface area (TPSA) is 41.5 Å². The number of phenols is 1. The van der Waals surface area contributed by atoms with E-state index in [9.17, 15) is 5.11 Å². The van der Waals surface area contributed by atoms with Crippen LogP contribution in [-0.4, -0.2) is 23.9 Å². The number of halogens is 2. The molecule has 1 aromatic carbocycles. The fourth-order valence-electron chi connectivity index (χ4n) is 2.42. The summed E-state index contributed by atoms with van der Waals surface area (Å²) in [6.07, 6.45) is 4.52. The highest BCUT2D eigenvalue weighted by atomic mass is 35.5. The Balaban J connectivity index is 2.00. The molecule has 1 aliphatic rings. The summed E-state index contributed by atoms with van der Waals surface area (Å²) < 4.78 is 5.72. The predicted molar refractivity (Wildman–Crippen MR) is 79.4 cm³/mol.